The third-order valence-electron chi connectivity index (χ3n) is 2.70. The molecule has 0 bridgehead atoms. The third kappa shape index (κ3) is 2.28. The highest BCUT2D eigenvalue weighted by Crippen LogP contribution is 2.39. The van der Waals surface area contributed by atoms with Gasteiger partial charge in [0.2, 0.25) is 0 Å². The van der Waals surface area contributed by atoms with E-state index in [2.05, 4.69) is 44.5 Å². The van der Waals surface area contributed by atoms with Crippen molar-refractivity contribution in [1.82, 2.24) is 0 Å². The van der Waals surface area contributed by atoms with E-state index in [0.717, 1.165) is 0 Å². The van der Waals surface area contributed by atoms with Gasteiger partial charge in [0.05, 0.1) is 4.88 Å². The van der Waals surface area contributed by atoms with E-state index >= 15 is 0 Å². The first-order chi connectivity index (χ1) is 8.17. The summed E-state index contributed by atoms with van der Waals surface area (Å²) in [6, 6.07) is 4.44. The summed E-state index contributed by atoms with van der Waals surface area (Å²) in [6.07, 6.45) is 3.82. The molecule has 2 aromatic rings. The second-order valence-corrected chi connectivity index (χ2v) is 6.19. The fraction of sp³-hybridized carbons (Fsp3) is 0.200. The number of thiophene rings is 2. The summed E-state index contributed by atoms with van der Waals surface area (Å²) in [5, 5.41) is 2.15. The Morgan fingerprint density at radius 1 is 1.18 bits per heavy atom. The predicted molar refractivity (Wildman–Crippen MR) is 81.9 cm³/mol. The molecule has 0 aliphatic rings. The van der Waals surface area contributed by atoms with Gasteiger partial charge in [0.25, 0.3) is 0 Å². The first-order valence-corrected chi connectivity index (χ1v) is 7.33. The van der Waals surface area contributed by atoms with Crippen LogP contribution in [0.5, 0.6) is 0 Å². The summed E-state index contributed by atoms with van der Waals surface area (Å²) in [4.78, 5) is 4.08. The van der Waals surface area contributed by atoms with Gasteiger partial charge in [-0.2, -0.15) is 0 Å². The lowest BCUT2D eigenvalue weighted by atomic mass is 10.1. The second-order valence-electron chi connectivity index (χ2n) is 4.20. The second kappa shape index (κ2) is 5.03. The van der Waals surface area contributed by atoms with Crippen molar-refractivity contribution in [3.8, 4) is 9.75 Å². The molecule has 0 spiro atoms. The van der Waals surface area contributed by atoms with E-state index in [0.29, 0.717) is 5.92 Å². The van der Waals surface area contributed by atoms with Gasteiger partial charge in [-0.25, -0.2) is 0 Å². The highest BCUT2D eigenvalue weighted by Gasteiger charge is 2.12. The third-order valence-corrected chi connectivity index (χ3v) is 5.28. The fourth-order valence-electron chi connectivity index (χ4n) is 1.73. The molecule has 17 heavy (non-hydrogen) atoms. The summed E-state index contributed by atoms with van der Waals surface area (Å²) >= 11 is 3.65. The van der Waals surface area contributed by atoms with Crippen LogP contribution < -0.4 is 0 Å². The minimum atomic E-state index is 0.597. The summed E-state index contributed by atoms with van der Waals surface area (Å²) < 4.78 is 0. The van der Waals surface area contributed by atoms with E-state index in [1.807, 2.05) is 23.5 Å². The van der Waals surface area contributed by atoms with E-state index in [1.54, 1.807) is 11.3 Å². The van der Waals surface area contributed by atoms with Crippen LogP contribution in [0.4, 0.5) is 0 Å². The highest BCUT2D eigenvalue weighted by atomic mass is 32.1. The molecule has 0 aliphatic heterocycles. The Labute approximate surface area is 111 Å². The van der Waals surface area contributed by atoms with E-state index in [-0.39, 0.29) is 0 Å². The zero-order chi connectivity index (χ0) is 12.4. The van der Waals surface area contributed by atoms with Gasteiger partial charge in [0, 0.05) is 15.3 Å². The molecule has 0 aliphatic carbocycles. The van der Waals surface area contributed by atoms with E-state index in [9.17, 15) is 0 Å². The number of rotatable bonds is 4. The van der Waals surface area contributed by atoms with Crippen molar-refractivity contribution in [2.24, 2.45) is 0 Å². The van der Waals surface area contributed by atoms with Gasteiger partial charge < -0.3 is 0 Å². The van der Waals surface area contributed by atoms with Gasteiger partial charge in [-0.3, -0.25) is 0 Å². The molecule has 0 radical (unpaired) electrons. The van der Waals surface area contributed by atoms with Crippen LogP contribution in [0.15, 0.2) is 30.7 Å². The van der Waals surface area contributed by atoms with Crippen LogP contribution in [-0.2, 0) is 0 Å². The van der Waals surface area contributed by atoms with Gasteiger partial charge in [-0.05, 0) is 29.0 Å². The predicted octanol–water partition coefficient (Wildman–Crippen LogP) is 5.89. The van der Waals surface area contributed by atoms with Crippen molar-refractivity contribution >= 4 is 34.8 Å². The maximum Gasteiger partial charge on any atom is 0.0521 e. The first kappa shape index (κ1) is 12.3. The van der Waals surface area contributed by atoms with Crippen molar-refractivity contribution in [2.45, 2.75) is 19.8 Å². The fourth-order valence-corrected chi connectivity index (χ4v) is 3.94. The summed E-state index contributed by atoms with van der Waals surface area (Å²) in [7, 11) is 0. The lowest BCUT2D eigenvalue weighted by Gasteiger charge is -1.99. The maximum atomic E-state index is 3.90. The molecule has 0 N–H and O–H groups in total. The van der Waals surface area contributed by atoms with Crippen molar-refractivity contribution in [3.05, 3.63) is 46.7 Å². The monoisotopic (exact) mass is 260 g/mol. The minimum absolute atomic E-state index is 0.597. The molecule has 2 rings (SSSR count). The minimum Gasteiger partial charge on any atom is -0.142 e. The number of hydrogen-bond donors (Lipinski definition) is 0. The SMILES string of the molecule is C=Cc1csc(-c2ccc(C(C)C)s2)c1C=C. The zero-order valence-electron chi connectivity index (χ0n) is 10.2. The molecule has 2 heterocycles. The van der Waals surface area contributed by atoms with Crippen LogP contribution in [0.25, 0.3) is 21.9 Å². The Hall–Kier alpha value is -1.12. The zero-order valence-corrected chi connectivity index (χ0v) is 11.8. The van der Waals surface area contributed by atoms with Gasteiger partial charge >= 0.3 is 0 Å². The topological polar surface area (TPSA) is 0 Å². The van der Waals surface area contributed by atoms with Gasteiger partial charge in [-0.1, -0.05) is 39.2 Å². The van der Waals surface area contributed by atoms with Crippen molar-refractivity contribution < 1.29 is 0 Å². The Morgan fingerprint density at radius 2 is 1.94 bits per heavy atom. The van der Waals surface area contributed by atoms with Crippen molar-refractivity contribution in [1.29, 1.82) is 0 Å². The molecule has 0 amide bonds. The van der Waals surface area contributed by atoms with E-state index in [4.69, 9.17) is 0 Å². The first-order valence-electron chi connectivity index (χ1n) is 5.63. The average Bonchev–Trinajstić information content (AvgIpc) is 2.94. The Bertz CT molecular complexity index is 541. The highest BCUT2D eigenvalue weighted by molar-refractivity contribution is 7.21. The smallest absolute Gasteiger partial charge is 0.0521 e. The quantitative estimate of drug-likeness (QED) is 0.643. The van der Waals surface area contributed by atoms with Crippen molar-refractivity contribution in [2.75, 3.05) is 0 Å². The summed E-state index contributed by atoms with van der Waals surface area (Å²) in [5.41, 5.74) is 2.39. The largest absolute Gasteiger partial charge is 0.142 e. The molecule has 0 saturated carbocycles. The molecule has 0 aromatic carbocycles. The molecule has 0 unspecified atom stereocenters. The van der Waals surface area contributed by atoms with Crippen LogP contribution in [0, 0.1) is 0 Å². The summed E-state index contributed by atoms with van der Waals surface area (Å²) in [5.74, 6) is 0.597. The van der Waals surface area contributed by atoms with E-state index in [1.165, 1.54) is 25.8 Å². The maximum absolute atomic E-state index is 3.90. The summed E-state index contributed by atoms with van der Waals surface area (Å²) in [6.45, 7) is 12.2. The number of hydrogen-bond acceptors (Lipinski definition) is 2. The van der Waals surface area contributed by atoms with Crippen LogP contribution in [-0.4, -0.2) is 0 Å². The van der Waals surface area contributed by atoms with Gasteiger partial charge in [-0.15, -0.1) is 22.7 Å². The Morgan fingerprint density at radius 3 is 2.47 bits per heavy atom. The van der Waals surface area contributed by atoms with E-state index < -0.39 is 0 Å². The molecule has 88 valence electrons. The van der Waals surface area contributed by atoms with Crippen LogP contribution >= 0.6 is 22.7 Å². The molecule has 0 atom stereocenters. The molecule has 0 fully saturated rings. The lowest BCUT2D eigenvalue weighted by molar-refractivity contribution is 0.890. The molecule has 2 aromatic heterocycles. The van der Waals surface area contributed by atoms with Crippen LogP contribution in [0.3, 0.4) is 0 Å². The average molecular weight is 260 g/mol. The Kier molecular flexibility index (Phi) is 3.65. The van der Waals surface area contributed by atoms with Gasteiger partial charge in [0.15, 0.2) is 0 Å². The van der Waals surface area contributed by atoms with Crippen LogP contribution in [0.2, 0.25) is 0 Å². The molecular formula is C15H16S2. The Balaban J connectivity index is 2.48. The molecule has 0 saturated heterocycles. The lowest BCUT2D eigenvalue weighted by Crippen LogP contribution is -1.77. The van der Waals surface area contributed by atoms with Crippen molar-refractivity contribution in [3.63, 3.8) is 0 Å². The molecule has 0 nitrogen and oxygen atoms in total. The van der Waals surface area contributed by atoms with Crippen LogP contribution in [0.1, 0.15) is 35.8 Å². The standard InChI is InChI=1S/C15H16S2/c1-5-11-9-16-15(12(11)6-2)14-8-7-13(17-14)10(3)4/h5-10H,1-2H2,3-4H3. The molecular weight excluding hydrogens is 244 g/mol. The normalized spacial score (nSPS) is 10.8. The van der Waals surface area contributed by atoms with Gasteiger partial charge in [0.1, 0.15) is 0 Å². The molecule has 2 heteroatoms.